The number of benzene rings is 2. The molecule has 0 radical (unpaired) electrons. The molecule has 0 aliphatic carbocycles. The summed E-state index contributed by atoms with van der Waals surface area (Å²) in [5.41, 5.74) is 2.37. The Morgan fingerprint density at radius 1 is 1.17 bits per heavy atom. The molecule has 8 heteroatoms. The molecule has 1 aromatic heterocycles. The summed E-state index contributed by atoms with van der Waals surface area (Å²) < 4.78 is 0. The number of anilines is 1. The van der Waals surface area contributed by atoms with Gasteiger partial charge in [-0.15, -0.1) is 0 Å². The van der Waals surface area contributed by atoms with Gasteiger partial charge in [0, 0.05) is 53.6 Å². The number of amides is 1. The Morgan fingerprint density at radius 3 is 2.86 bits per heavy atom. The number of fused-ring (bicyclic) bond motifs is 1. The van der Waals surface area contributed by atoms with Crippen LogP contribution in [0.4, 0.5) is 11.4 Å². The van der Waals surface area contributed by atoms with E-state index in [9.17, 15) is 14.9 Å². The number of carbonyl (C=O) groups is 1. The van der Waals surface area contributed by atoms with E-state index >= 15 is 0 Å². The fourth-order valence-electron chi connectivity index (χ4n) is 2.77. The average Bonchev–Trinajstić information content (AvgIpc) is 2.72. The molecule has 0 bridgehead atoms. The lowest BCUT2D eigenvalue weighted by atomic mass is 10.2. The monoisotopic (exact) mass is 410 g/mol. The zero-order valence-electron chi connectivity index (χ0n) is 15.5. The van der Waals surface area contributed by atoms with Gasteiger partial charge in [0.1, 0.15) is 0 Å². The number of non-ortho nitro benzene ring substituents is 1. The normalized spacial score (nSPS) is 10.9. The molecule has 0 aliphatic rings. The van der Waals surface area contributed by atoms with Crippen molar-refractivity contribution in [3.05, 3.63) is 81.5 Å². The minimum atomic E-state index is -0.467. The lowest BCUT2D eigenvalue weighted by molar-refractivity contribution is -0.384. The van der Waals surface area contributed by atoms with E-state index in [0.29, 0.717) is 23.7 Å². The Kier molecular flexibility index (Phi) is 6.76. The average molecular weight is 411 g/mol. The number of pyridine rings is 1. The fraction of sp³-hybridized carbons (Fsp3) is 0.143. The third kappa shape index (κ3) is 5.76. The molecule has 1 heterocycles. The number of halogens is 1. The molecule has 0 unspecified atom stereocenters. The van der Waals surface area contributed by atoms with Crippen LogP contribution in [-0.4, -0.2) is 28.9 Å². The van der Waals surface area contributed by atoms with Gasteiger partial charge in [0.25, 0.3) is 5.69 Å². The number of aromatic nitrogens is 1. The van der Waals surface area contributed by atoms with Crippen LogP contribution >= 0.6 is 11.6 Å². The van der Waals surface area contributed by atoms with E-state index in [1.54, 1.807) is 24.4 Å². The van der Waals surface area contributed by atoms with Gasteiger partial charge in [-0.2, -0.15) is 0 Å². The fourth-order valence-corrected chi connectivity index (χ4v) is 2.94. The summed E-state index contributed by atoms with van der Waals surface area (Å²) in [4.78, 5) is 26.5. The molecular formula is C21H19ClN4O3. The standard InChI is InChI=1S/C21H19ClN4O3/c22-16-6-7-18-19(9-12-24-20(18)14-16)23-10-2-11-25-21(27)8-5-15-3-1-4-17(13-15)26(28)29/h1,3-9,12-14H,2,10-11H2,(H,23,24)(H,25,27)/b8-5+. The van der Waals surface area contributed by atoms with Gasteiger partial charge in [0.2, 0.25) is 5.91 Å². The summed E-state index contributed by atoms with van der Waals surface area (Å²) in [6, 6.07) is 13.6. The highest BCUT2D eigenvalue weighted by Crippen LogP contribution is 2.24. The number of nitro benzene ring substituents is 1. The second-order valence-electron chi connectivity index (χ2n) is 6.28. The van der Waals surface area contributed by atoms with Crippen LogP contribution in [0.5, 0.6) is 0 Å². The Hall–Kier alpha value is -3.45. The van der Waals surface area contributed by atoms with Crippen molar-refractivity contribution < 1.29 is 9.72 Å². The predicted molar refractivity (Wildman–Crippen MR) is 115 cm³/mol. The summed E-state index contributed by atoms with van der Waals surface area (Å²) in [7, 11) is 0. The third-order valence-corrected chi connectivity index (χ3v) is 4.42. The van der Waals surface area contributed by atoms with E-state index in [2.05, 4.69) is 15.6 Å². The molecule has 0 atom stereocenters. The molecule has 0 spiro atoms. The number of nitro groups is 1. The SMILES string of the molecule is O=C(/C=C/c1cccc([N+](=O)[O-])c1)NCCCNc1ccnc2cc(Cl)ccc12. The number of nitrogens with one attached hydrogen (secondary N) is 2. The highest BCUT2D eigenvalue weighted by molar-refractivity contribution is 6.31. The molecule has 0 fully saturated rings. The van der Waals surface area contributed by atoms with Crippen molar-refractivity contribution in [3.8, 4) is 0 Å². The molecule has 0 saturated heterocycles. The predicted octanol–water partition coefficient (Wildman–Crippen LogP) is 4.43. The van der Waals surface area contributed by atoms with Crippen LogP contribution in [-0.2, 0) is 4.79 Å². The zero-order chi connectivity index (χ0) is 20.6. The van der Waals surface area contributed by atoms with E-state index in [1.165, 1.54) is 18.2 Å². The number of rotatable bonds is 8. The largest absolute Gasteiger partial charge is 0.384 e. The Balaban J connectivity index is 1.44. The van der Waals surface area contributed by atoms with Crippen molar-refractivity contribution in [3.63, 3.8) is 0 Å². The molecular weight excluding hydrogens is 392 g/mol. The summed E-state index contributed by atoms with van der Waals surface area (Å²) in [5, 5.41) is 18.5. The van der Waals surface area contributed by atoms with Crippen LogP contribution in [0.15, 0.2) is 60.8 Å². The lowest BCUT2D eigenvalue weighted by Crippen LogP contribution is -2.23. The Labute approximate surface area is 172 Å². The maximum atomic E-state index is 11.9. The Bertz CT molecular complexity index is 1070. The first-order valence-corrected chi connectivity index (χ1v) is 9.39. The first-order valence-electron chi connectivity index (χ1n) is 9.01. The van der Waals surface area contributed by atoms with Crippen molar-refractivity contribution >= 4 is 45.9 Å². The second kappa shape index (κ2) is 9.66. The van der Waals surface area contributed by atoms with Crippen molar-refractivity contribution in [2.75, 3.05) is 18.4 Å². The zero-order valence-corrected chi connectivity index (χ0v) is 16.2. The molecule has 148 valence electrons. The number of hydrogen-bond donors (Lipinski definition) is 2. The smallest absolute Gasteiger partial charge is 0.270 e. The van der Waals surface area contributed by atoms with Crippen molar-refractivity contribution in [2.24, 2.45) is 0 Å². The molecule has 1 amide bonds. The first-order chi connectivity index (χ1) is 14.0. The first kappa shape index (κ1) is 20.3. The molecule has 7 nitrogen and oxygen atoms in total. The van der Waals surface area contributed by atoms with Gasteiger partial charge in [-0.05, 0) is 42.3 Å². The van der Waals surface area contributed by atoms with Gasteiger partial charge in [-0.3, -0.25) is 19.9 Å². The van der Waals surface area contributed by atoms with E-state index < -0.39 is 4.92 Å². The van der Waals surface area contributed by atoms with E-state index in [4.69, 9.17) is 11.6 Å². The summed E-state index contributed by atoms with van der Waals surface area (Å²) in [6.07, 6.45) is 5.37. The highest BCUT2D eigenvalue weighted by atomic mass is 35.5. The van der Waals surface area contributed by atoms with Crippen molar-refractivity contribution in [1.82, 2.24) is 10.3 Å². The van der Waals surface area contributed by atoms with Gasteiger partial charge in [-0.25, -0.2) is 0 Å². The molecule has 0 saturated carbocycles. The van der Waals surface area contributed by atoms with E-state index in [-0.39, 0.29) is 11.6 Å². The van der Waals surface area contributed by atoms with Gasteiger partial charge < -0.3 is 10.6 Å². The van der Waals surface area contributed by atoms with Crippen LogP contribution in [0.2, 0.25) is 5.02 Å². The Morgan fingerprint density at radius 2 is 2.03 bits per heavy atom. The molecule has 29 heavy (non-hydrogen) atoms. The number of nitrogens with zero attached hydrogens (tertiary/aromatic N) is 2. The van der Waals surface area contributed by atoms with Gasteiger partial charge in [-0.1, -0.05) is 23.7 Å². The minimum absolute atomic E-state index is 0.00969. The maximum absolute atomic E-state index is 11.9. The van der Waals surface area contributed by atoms with Crippen molar-refractivity contribution in [1.29, 1.82) is 0 Å². The van der Waals surface area contributed by atoms with Crippen LogP contribution < -0.4 is 10.6 Å². The topological polar surface area (TPSA) is 97.2 Å². The summed E-state index contributed by atoms with van der Waals surface area (Å²) in [6.45, 7) is 1.18. The van der Waals surface area contributed by atoms with E-state index in [0.717, 1.165) is 23.0 Å². The van der Waals surface area contributed by atoms with Crippen LogP contribution in [0, 0.1) is 10.1 Å². The number of carbonyl (C=O) groups excluding carboxylic acids is 1. The molecule has 3 rings (SSSR count). The summed E-state index contributed by atoms with van der Waals surface area (Å²) >= 11 is 6.00. The van der Waals surface area contributed by atoms with Gasteiger partial charge in [0.05, 0.1) is 10.4 Å². The van der Waals surface area contributed by atoms with Crippen LogP contribution in [0.1, 0.15) is 12.0 Å². The third-order valence-electron chi connectivity index (χ3n) is 4.18. The van der Waals surface area contributed by atoms with Gasteiger partial charge in [0.15, 0.2) is 0 Å². The van der Waals surface area contributed by atoms with Gasteiger partial charge >= 0.3 is 0 Å². The van der Waals surface area contributed by atoms with E-state index in [1.807, 2.05) is 24.3 Å². The van der Waals surface area contributed by atoms with Crippen LogP contribution in [0.3, 0.4) is 0 Å². The molecule has 0 aliphatic heterocycles. The quantitative estimate of drug-likeness (QED) is 0.248. The lowest BCUT2D eigenvalue weighted by Gasteiger charge is -2.09. The molecule has 2 N–H and O–H groups in total. The van der Waals surface area contributed by atoms with Crippen molar-refractivity contribution in [2.45, 2.75) is 6.42 Å². The minimum Gasteiger partial charge on any atom is -0.384 e. The highest BCUT2D eigenvalue weighted by Gasteiger charge is 2.04. The number of hydrogen-bond acceptors (Lipinski definition) is 5. The van der Waals surface area contributed by atoms with Crippen LogP contribution in [0.25, 0.3) is 17.0 Å². The molecule has 3 aromatic rings. The maximum Gasteiger partial charge on any atom is 0.270 e. The molecule has 2 aromatic carbocycles. The second-order valence-corrected chi connectivity index (χ2v) is 6.71. The summed E-state index contributed by atoms with van der Waals surface area (Å²) in [5.74, 6) is -0.250.